The summed E-state index contributed by atoms with van der Waals surface area (Å²) in [5, 5.41) is 0. The van der Waals surface area contributed by atoms with E-state index >= 15 is 0 Å². The van der Waals surface area contributed by atoms with Crippen LogP contribution in [0.1, 0.15) is 52.0 Å². The zero-order valence-electron chi connectivity index (χ0n) is 14.9. The molecule has 4 nitrogen and oxygen atoms in total. The van der Waals surface area contributed by atoms with Gasteiger partial charge in [-0.05, 0) is 61.6 Å². The van der Waals surface area contributed by atoms with Gasteiger partial charge in [0.2, 0.25) is 0 Å². The van der Waals surface area contributed by atoms with Crippen LogP contribution in [0.5, 0.6) is 0 Å². The SMILES string of the molecule is CC(C)C[C@@H](N)c1nc2ccc(-c3ccncc3)cc2n1C(C)C. The third-order valence-electron chi connectivity index (χ3n) is 4.30. The topological polar surface area (TPSA) is 56.7 Å². The summed E-state index contributed by atoms with van der Waals surface area (Å²) < 4.78 is 2.28. The van der Waals surface area contributed by atoms with Crippen LogP contribution in [0.15, 0.2) is 42.7 Å². The zero-order chi connectivity index (χ0) is 17.3. The standard InChI is InChI=1S/C20H26N4/c1-13(2)11-17(21)20-23-18-6-5-16(15-7-9-22-10-8-15)12-19(18)24(20)14(3)4/h5-10,12-14,17H,11,21H2,1-4H3/t17-/m1/s1. The van der Waals surface area contributed by atoms with Crippen LogP contribution in [-0.4, -0.2) is 14.5 Å². The molecule has 0 radical (unpaired) electrons. The quantitative estimate of drug-likeness (QED) is 0.739. The maximum Gasteiger partial charge on any atom is 0.127 e. The van der Waals surface area contributed by atoms with Gasteiger partial charge in [-0.2, -0.15) is 0 Å². The second-order valence-corrected chi connectivity index (χ2v) is 7.11. The van der Waals surface area contributed by atoms with E-state index in [9.17, 15) is 0 Å². The summed E-state index contributed by atoms with van der Waals surface area (Å²) >= 11 is 0. The maximum atomic E-state index is 6.46. The van der Waals surface area contributed by atoms with E-state index in [0.717, 1.165) is 28.8 Å². The number of rotatable bonds is 5. The number of aromatic nitrogens is 3. The predicted molar refractivity (Wildman–Crippen MR) is 99.7 cm³/mol. The van der Waals surface area contributed by atoms with Crippen molar-refractivity contribution in [2.45, 2.75) is 46.2 Å². The van der Waals surface area contributed by atoms with Gasteiger partial charge in [-0.1, -0.05) is 19.9 Å². The number of nitrogens with two attached hydrogens (primary N) is 1. The van der Waals surface area contributed by atoms with Crippen LogP contribution in [0.4, 0.5) is 0 Å². The van der Waals surface area contributed by atoms with Crippen LogP contribution >= 0.6 is 0 Å². The lowest BCUT2D eigenvalue weighted by atomic mass is 10.0. The van der Waals surface area contributed by atoms with Crippen molar-refractivity contribution in [3.63, 3.8) is 0 Å². The van der Waals surface area contributed by atoms with Crippen LogP contribution < -0.4 is 5.73 Å². The molecule has 126 valence electrons. The number of hydrogen-bond donors (Lipinski definition) is 1. The first-order valence-corrected chi connectivity index (χ1v) is 8.65. The fourth-order valence-electron chi connectivity index (χ4n) is 3.25. The molecule has 0 amide bonds. The molecule has 0 aliphatic heterocycles. The van der Waals surface area contributed by atoms with E-state index in [1.807, 2.05) is 24.5 Å². The van der Waals surface area contributed by atoms with Crippen LogP contribution in [0.3, 0.4) is 0 Å². The van der Waals surface area contributed by atoms with Gasteiger partial charge in [-0.3, -0.25) is 4.98 Å². The molecule has 24 heavy (non-hydrogen) atoms. The lowest BCUT2D eigenvalue weighted by molar-refractivity contribution is 0.463. The lowest BCUT2D eigenvalue weighted by Gasteiger charge is -2.19. The van der Waals surface area contributed by atoms with Crippen LogP contribution in [0.25, 0.3) is 22.2 Å². The Morgan fingerprint density at radius 2 is 1.71 bits per heavy atom. The van der Waals surface area contributed by atoms with Crippen LogP contribution in [0, 0.1) is 5.92 Å². The molecule has 2 heterocycles. The molecule has 0 saturated heterocycles. The molecule has 3 aromatic rings. The largest absolute Gasteiger partial charge is 0.324 e. The third kappa shape index (κ3) is 3.20. The summed E-state index contributed by atoms with van der Waals surface area (Å²) in [5.74, 6) is 1.54. The highest BCUT2D eigenvalue weighted by Crippen LogP contribution is 2.30. The molecule has 1 atom stereocenters. The Kier molecular flexibility index (Phi) is 4.67. The summed E-state index contributed by atoms with van der Waals surface area (Å²) in [4.78, 5) is 8.95. The molecule has 0 aliphatic rings. The number of nitrogens with zero attached hydrogens (tertiary/aromatic N) is 3. The fraction of sp³-hybridized carbons (Fsp3) is 0.400. The van der Waals surface area contributed by atoms with E-state index in [0.29, 0.717) is 12.0 Å². The Morgan fingerprint density at radius 3 is 2.33 bits per heavy atom. The summed E-state index contributed by atoms with van der Waals surface area (Å²) in [6.07, 6.45) is 4.58. The Bertz CT molecular complexity index is 818. The predicted octanol–water partition coefficient (Wildman–Crippen LogP) is 4.73. The zero-order valence-corrected chi connectivity index (χ0v) is 14.9. The highest BCUT2D eigenvalue weighted by atomic mass is 15.1. The first-order valence-electron chi connectivity index (χ1n) is 8.65. The van der Waals surface area contributed by atoms with Crippen molar-refractivity contribution in [2.24, 2.45) is 11.7 Å². The normalized spacial score (nSPS) is 13.1. The number of benzene rings is 1. The van der Waals surface area contributed by atoms with Crippen molar-refractivity contribution < 1.29 is 0 Å². The number of hydrogen-bond acceptors (Lipinski definition) is 3. The Labute approximate surface area is 143 Å². The van der Waals surface area contributed by atoms with Gasteiger partial charge in [0.25, 0.3) is 0 Å². The van der Waals surface area contributed by atoms with E-state index in [-0.39, 0.29) is 6.04 Å². The molecule has 2 aromatic heterocycles. The average molecular weight is 322 g/mol. The van der Waals surface area contributed by atoms with E-state index in [4.69, 9.17) is 10.7 Å². The van der Waals surface area contributed by atoms with Gasteiger partial charge in [-0.15, -0.1) is 0 Å². The first kappa shape index (κ1) is 16.7. The van der Waals surface area contributed by atoms with Gasteiger partial charge in [0.15, 0.2) is 0 Å². The average Bonchev–Trinajstić information content (AvgIpc) is 2.94. The molecule has 2 N–H and O–H groups in total. The molecular weight excluding hydrogens is 296 g/mol. The Hall–Kier alpha value is -2.20. The van der Waals surface area contributed by atoms with Crippen LogP contribution in [-0.2, 0) is 0 Å². The fourth-order valence-corrected chi connectivity index (χ4v) is 3.25. The summed E-state index contributed by atoms with van der Waals surface area (Å²) in [5.41, 5.74) is 11.0. The van der Waals surface area contributed by atoms with Gasteiger partial charge in [-0.25, -0.2) is 4.98 Å². The molecule has 0 unspecified atom stereocenters. The maximum absolute atomic E-state index is 6.46. The number of imidazole rings is 1. The number of pyridine rings is 1. The van der Waals surface area contributed by atoms with E-state index in [1.165, 1.54) is 5.56 Å². The van der Waals surface area contributed by atoms with Crippen molar-refractivity contribution in [1.29, 1.82) is 0 Å². The number of fused-ring (bicyclic) bond motifs is 1. The van der Waals surface area contributed by atoms with E-state index in [2.05, 4.69) is 55.4 Å². The van der Waals surface area contributed by atoms with Crippen molar-refractivity contribution in [2.75, 3.05) is 0 Å². The summed E-state index contributed by atoms with van der Waals surface area (Å²) in [6, 6.07) is 10.8. The van der Waals surface area contributed by atoms with Crippen LogP contribution in [0.2, 0.25) is 0 Å². The molecule has 0 aliphatic carbocycles. The monoisotopic (exact) mass is 322 g/mol. The smallest absolute Gasteiger partial charge is 0.127 e. The summed E-state index contributed by atoms with van der Waals surface area (Å²) in [6.45, 7) is 8.77. The summed E-state index contributed by atoms with van der Waals surface area (Å²) in [7, 11) is 0. The minimum absolute atomic E-state index is 0.0378. The highest BCUT2D eigenvalue weighted by molar-refractivity contribution is 5.82. The Balaban J connectivity index is 2.13. The third-order valence-corrected chi connectivity index (χ3v) is 4.30. The second-order valence-electron chi connectivity index (χ2n) is 7.11. The van der Waals surface area contributed by atoms with Gasteiger partial charge in [0, 0.05) is 18.4 Å². The minimum atomic E-state index is -0.0378. The van der Waals surface area contributed by atoms with Gasteiger partial charge >= 0.3 is 0 Å². The molecule has 0 saturated carbocycles. The molecule has 0 fully saturated rings. The van der Waals surface area contributed by atoms with E-state index in [1.54, 1.807) is 0 Å². The van der Waals surface area contributed by atoms with E-state index < -0.39 is 0 Å². The lowest BCUT2D eigenvalue weighted by Crippen LogP contribution is -2.19. The molecule has 4 heteroatoms. The first-order chi connectivity index (χ1) is 11.5. The van der Waals surface area contributed by atoms with Gasteiger partial charge in [0.05, 0.1) is 17.1 Å². The highest BCUT2D eigenvalue weighted by Gasteiger charge is 2.20. The van der Waals surface area contributed by atoms with Gasteiger partial charge < -0.3 is 10.3 Å². The van der Waals surface area contributed by atoms with Crippen molar-refractivity contribution in [3.05, 3.63) is 48.5 Å². The minimum Gasteiger partial charge on any atom is -0.324 e. The molecule has 0 spiro atoms. The second kappa shape index (κ2) is 6.73. The molecule has 0 bridgehead atoms. The van der Waals surface area contributed by atoms with Crippen molar-refractivity contribution in [1.82, 2.24) is 14.5 Å². The van der Waals surface area contributed by atoms with Crippen molar-refractivity contribution in [3.8, 4) is 11.1 Å². The molecule has 1 aromatic carbocycles. The molecule has 3 rings (SSSR count). The van der Waals surface area contributed by atoms with Gasteiger partial charge in [0.1, 0.15) is 5.82 Å². The Morgan fingerprint density at radius 1 is 1.00 bits per heavy atom. The molecular formula is C20H26N4. The van der Waals surface area contributed by atoms with Crippen molar-refractivity contribution >= 4 is 11.0 Å².